The van der Waals surface area contributed by atoms with E-state index in [-0.39, 0.29) is 6.04 Å². The van der Waals surface area contributed by atoms with Gasteiger partial charge in [-0.2, -0.15) is 5.26 Å². The quantitative estimate of drug-likeness (QED) is 0.800. The molecule has 3 heteroatoms. The molecule has 1 N–H and O–H groups in total. The largest absolute Gasteiger partial charge is 0.387 e. The molecule has 0 aromatic rings. The third-order valence-electron chi connectivity index (χ3n) is 6.44. The molecule has 3 aliphatic rings. The van der Waals surface area contributed by atoms with Crippen molar-refractivity contribution in [3.63, 3.8) is 0 Å². The first-order valence-electron chi connectivity index (χ1n) is 8.30. The molecule has 0 aromatic heterocycles. The number of hydrogen-bond acceptors (Lipinski definition) is 3. The van der Waals surface area contributed by atoms with Crippen molar-refractivity contribution in [2.45, 2.75) is 76.9 Å². The fourth-order valence-corrected chi connectivity index (χ4v) is 4.83. The smallest absolute Gasteiger partial charge is 0.0999 e. The third kappa shape index (κ3) is 2.00. The average Bonchev–Trinajstić information content (AvgIpc) is 2.79. The highest BCUT2D eigenvalue weighted by molar-refractivity contribution is 5.20. The van der Waals surface area contributed by atoms with Gasteiger partial charge < -0.3 is 5.11 Å². The molecule has 2 heterocycles. The van der Waals surface area contributed by atoms with Crippen LogP contribution in [0.2, 0.25) is 0 Å². The fraction of sp³-hybridized carbons (Fsp3) is 0.941. The van der Waals surface area contributed by atoms with Gasteiger partial charge in [-0.1, -0.05) is 20.3 Å². The molecule has 2 aliphatic heterocycles. The van der Waals surface area contributed by atoms with Crippen molar-refractivity contribution >= 4 is 0 Å². The molecule has 2 unspecified atom stereocenters. The minimum Gasteiger partial charge on any atom is -0.387 e. The lowest BCUT2D eigenvalue weighted by Crippen LogP contribution is -2.58. The SMILES string of the molecule is CC1(C)CCC(C#N)(C2(O)CCN3CCCCC32)CC1. The molecule has 1 saturated carbocycles. The first-order valence-corrected chi connectivity index (χ1v) is 8.30. The van der Waals surface area contributed by atoms with E-state index in [9.17, 15) is 10.4 Å². The number of hydrogen-bond donors (Lipinski definition) is 1. The van der Waals surface area contributed by atoms with Crippen LogP contribution in [0.3, 0.4) is 0 Å². The Morgan fingerprint density at radius 1 is 1.05 bits per heavy atom. The monoisotopic (exact) mass is 276 g/mol. The molecular weight excluding hydrogens is 248 g/mol. The summed E-state index contributed by atoms with van der Waals surface area (Å²) in [6.07, 6.45) is 8.20. The molecule has 1 aliphatic carbocycles. The molecule has 3 nitrogen and oxygen atoms in total. The molecule has 2 saturated heterocycles. The molecule has 0 radical (unpaired) electrons. The van der Waals surface area contributed by atoms with Crippen LogP contribution in [0.1, 0.15) is 65.2 Å². The summed E-state index contributed by atoms with van der Waals surface area (Å²) < 4.78 is 0. The van der Waals surface area contributed by atoms with Gasteiger partial charge in [0.1, 0.15) is 0 Å². The number of fused-ring (bicyclic) bond motifs is 1. The first-order chi connectivity index (χ1) is 9.43. The van der Waals surface area contributed by atoms with Gasteiger partial charge in [-0.05, 0) is 56.9 Å². The van der Waals surface area contributed by atoms with Gasteiger partial charge in [-0.25, -0.2) is 0 Å². The van der Waals surface area contributed by atoms with E-state index in [0.717, 1.165) is 51.6 Å². The van der Waals surface area contributed by atoms with Crippen LogP contribution in [-0.4, -0.2) is 34.7 Å². The van der Waals surface area contributed by atoms with E-state index in [1.807, 2.05) is 0 Å². The summed E-state index contributed by atoms with van der Waals surface area (Å²) in [4.78, 5) is 2.45. The van der Waals surface area contributed by atoms with Gasteiger partial charge in [0.2, 0.25) is 0 Å². The minimum absolute atomic E-state index is 0.233. The number of aliphatic hydroxyl groups is 1. The lowest BCUT2D eigenvalue weighted by atomic mass is 9.56. The Labute approximate surface area is 123 Å². The molecule has 0 aromatic carbocycles. The van der Waals surface area contributed by atoms with Gasteiger partial charge in [-0.3, -0.25) is 4.90 Å². The lowest BCUT2D eigenvalue weighted by Gasteiger charge is -2.50. The van der Waals surface area contributed by atoms with E-state index >= 15 is 0 Å². The van der Waals surface area contributed by atoms with Crippen molar-refractivity contribution in [1.29, 1.82) is 5.26 Å². The van der Waals surface area contributed by atoms with E-state index < -0.39 is 11.0 Å². The summed E-state index contributed by atoms with van der Waals surface area (Å²) in [5, 5.41) is 21.4. The van der Waals surface area contributed by atoms with E-state index in [4.69, 9.17) is 0 Å². The Kier molecular flexibility index (Phi) is 3.38. The molecular formula is C17H28N2O. The summed E-state index contributed by atoms with van der Waals surface area (Å²) >= 11 is 0. The van der Waals surface area contributed by atoms with Crippen LogP contribution in [0.25, 0.3) is 0 Å². The molecule has 0 spiro atoms. The van der Waals surface area contributed by atoms with E-state index in [0.29, 0.717) is 5.41 Å². The average molecular weight is 276 g/mol. The van der Waals surface area contributed by atoms with Gasteiger partial charge in [-0.15, -0.1) is 0 Å². The summed E-state index contributed by atoms with van der Waals surface area (Å²) in [6.45, 7) is 6.67. The molecule has 0 bridgehead atoms. The van der Waals surface area contributed by atoms with Gasteiger partial charge in [0.05, 0.1) is 17.1 Å². The van der Waals surface area contributed by atoms with Crippen molar-refractivity contribution in [2.75, 3.05) is 13.1 Å². The summed E-state index contributed by atoms with van der Waals surface area (Å²) in [5.41, 5.74) is -0.931. The Morgan fingerprint density at radius 3 is 2.40 bits per heavy atom. The Hall–Kier alpha value is -0.590. The summed E-state index contributed by atoms with van der Waals surface area (Å²) in [7, 11) is 0. The van der Waals surface area contributed by atoms with Crippen LogP contribution in [0.4, 0.5) is 0 Å². The van der Waals surface area contributed by atoms with Crippen molar-refractivity contribution in [3.05, 3.63) is 0 Å². The molecule has 2 atom stereocenters. The second-order valence-electron chi connectivity index (χ2n) is 8.08. The second-order valence-corrected chi connectivity index (χ2v) is 8.08. The standard InChI is InChI=1S/C17H28N2O/c1-15(2)6-8-16(13-18,9-7-15)17(20)10-12-19-11-4-3-5-14(17)19/h14,20H,3-12H2,1-2H3. The highest BCUT2D eigenvalue weighted by Gasteiger charge is 2.60. The first kappa shape index (κ1) is 14.4. The normalized spacial score (nSPS) is 40.0. The van der Waals surface area contributed by atoms with E-state index in [1.54, 1.807) is 0 Å². The van der Waals surface area contributed by atoms with Crippen molar-refractivity contribution in [2.24, 2.45) is 10.8 Å². The molecule has 0 amide bonds. The summed E-state index contributed by atoms with van der Waals surface area (Å²) in [6, 6.07) is 2.83. The zero-order chi connectivity index (χ0) is 14.4. The predicted octanol–water partition coefficient (Wildman–Crippen LogP) is 3.09. The number of nitriles is 1. The van der Waals surface area contributed by atoms with E-state index in [1.165, 1.54) is 12.8 Å². The highest BCUT2D eigenvalue weighted by Crippen LogP contribution is 2.55. The van der Waals surface area contributed by atoms with Crippen LogP contribution >= 0.6 is 0 Å². The number of rotatable bonds is 1. The lowest BCUT2D eigenvalue weighted by molar-refractivity contribution is -0.110. The fourth-order valence-electron chi connectivity index (χ4n) is 4.83. The highest BCUT2D eigenvalue weighted by atomic mass is 16.3. The van der Waals surface area contributed by atoms with Gasteiger partial charge >= 0.3 is 0 Å². The van der Waals surface area contributed by atoms with Crippen LogP contribution in [-0.2, 0) is 0 Å². The maximum atomic E-state index is 11.5. The molecule has 112 valence electrons. The number of nitrogens with zero attached hydrogens (tertiary/aromatic N) is 2. The van der Waals surface area contributed by atoms with Crippen molar-refractivity contribution in [1.82, 2.24) is 4.90 Å². The topological polar surface area (TPSA) is 47.3 Å². The van der Waals surface area contributed by atoms with Gasteiger partial charge in [0.25, 0.3) is 0 Å². The summed E-state index contributed by atoms with van der Waals surface area (Å²) in [5.74, 6) is 0. The molecule has 20 heavy (non-hydrogen) atoms. The van der Waals surface area contributed by atoms with Crippen LogP contribution < -0.4 is 0 Å². The van der Waals surface area contributed by atoms with Crippen molar-refractivity contribution in [3.8, 4) is 6.07 Å². The Bertz CT molecular complexity index is 415. The zero-order valence-corrected chi connectivity index (χ0v) is 13.0. The number of piperidine rings is 1. The van der Waals surface area contributed by atoms with Crippen molar-refractivity contribution < 1.29 is 5.11 Å². The van der Waals surface area contributed by atoms with Crippen LogP contribution in [0, 0.1) is 22.2 Å². The minimum atomic E-state index is -0.765. The van der Waals surface area contributed by atoms with Crippen LogP contribution in [0.5, 0.6) is 0 Å². The second kappa shape index (κ2) is 4.71. The van der Waals surface area contributed by atoms with Gasteiger partial charge in [0.15, 0.2) is 0 Å². The third-order valence-corrected chi connectivity index (χ3v) is 6.44. The Morgan fingerprint density at radius 2 is 1.75 bits per heavy atom. The Balaban J connectivity index is 1.87. The maximum Gasteiger partial charge on any atom is 0.0999 e. The van der Waals surface area contributed by atoms with Gasteiger partial charge in [0, 0.05) is 12.6 Å². The molecule has 3 fully saturated rings. The van der Waals surface area contributed by atoms with E-state index in [2.05, 4.69) is 24.8 Å². The molecule has 3 rings (SSSR count). The zero-order valence-electron chi connectivity index (χ0n) is 13.0. The van der Waals surface area contributed by atoms with Crippen LogP contribution in [0.15, 0.2) is 0 Å². The predicted molar refractivity (Wildman–Crippen MR) is 79.1 cm³/mol. The maximum absolute atomic E-state index is 11.5.